The van der Waals surface area contributed by atoms with E-state index in [1.54, 1.807) is 7.11 Å². The minimum Gasteiger partial charge on any atom is -0.497 e. The van der Waals surface area contributed by atoms with Crippen LogP contribution in [0.1, 0.15) is 25.3 Å². The average Bonchev–Trinajstić information content (AvgIpc) is 2.39. The fraction of sp³-hybridized carbons (Fsp3) is 0.625. The van der Waals surface area contributed by atoms with Gasteiger partial charge in [0.1, 0.15) is 5.75 Å². The Bertz CT molecular complexity index is 377. The Balaban J connectivity index is 1.81. The smallest absolute Gasteiger partial charge is 0.118 e. The van der Waals surface area contributed by atoms with Crippen LogP contribution in [0.5, 0.6) is 5.75 Å². The molecule has 0 saturated carbocycles. The van der Waals surface area contributed by atoms with E-state index in [1.807, 2.05) is 12.1 Å². The minimum atomic E-state index is 0.518. The summed E-state index contributed by atoms with van der Waals surface area (Å²) in [6.07, 6.45) is 3.69. The molecule has 1 aromatic rings. The first-order valence-corrected chi connectivity index (χ1v) is 7.25. The molecule has 1 aliphatic rings. The summed E-state index contributed by atoms with van der Waals surface area (Å²) in [6, 6.07) is 9.55. The first kappa shape index (κ1) is 14.4. The number of likely N-dealkylation sites (N-methyl/N-ethyl adjacent to an activating group) is 1. The first-order chi connectivity index (χ1) is 9.17. The highest BCUT2D eigenvalue weighted by atomic mass is 16.5. The van der Waals surface area contributed by atoms with Crippen molar-refractivity contribution in [1.29, 1.82) is 0 Å². The predicted molar refractivity (Wildman–Crippen MR) is 79.8 cm³/mol. The van der Waals surface area contributed by atoms with E-state index in [1.165, 1.54) is 31.5 Å². The van der Waals surface area contributed by atoms with Gasteiger partial charge in [-0.3, -0.25) is 0 Å². The van der Waals surface area contributed by atoms with Crippen LogP contribution in [0.2, 0.25) is 0 Å². The number of piperidine rings is 1. The Morgan fingerprint density at radius 2 is 2.11 bits per heavy atom. The van der Waals surface area contributed by atoms with Gasteiger partial charge in [-0.25, -0.2) is 0 Å². The highest BCUT2D eigenvalue weighted by Gasteiger charge is 2.18. The van der Waals surface area contributed by atoms with E-state index in [0.717, 1.165) is 12.2 Å². The molecule has 1 heterocycles. The van der Waals surface area contributed by atoms with Crippen molar-refractivity contribution in [2.45, 2.75) is 38.3 Å². The molecule has 2 atom stereocenters. The van der Waals surface area contributed by atoms with Crippen LogP contribution in [-0.4, -0.2) is 44.2 Å². The molecule has 0 bridgehead atoms. The topological polar surface area (TPSA) is 24.5 Å². The van der Waals surface area contributed by atoms with Crippen molar-refractivity contribution in [3.63, 3.8) is 0 Å². The van der Waals surface area contributed by atoms with E-state index in [4.69, 9.17) is 4.74 Å². The van der Waals surface area contributed by atoms with Crippen LogP contribution in [-0.2, 0) is 6.42 Å². The second-order valence-corrected chi connectivity index (χ2v) is 5.72. The lowest BCUT2D eigenvalue weighted by Crippen LogP contribution is -2.47. The maximum absolute atomic E-state index is 5.19. The van der Waals surface area contributed by atoms with Gasteiger partial charge in [0.15, 0.2) is 0 Å². The molecule has 1 N–H and O–H groups in total. The average molecular weight is 262 g/mol. The lowest BCUT2D eigenvalue weighted by molar-refractivity contribution is 0.218. The molecule has 19 heavy (non-hydrogen) atoms. The molecule has 0 aromatic heterocycles. The van der Waals surface area contributed by atoms with E-state index in [9.17, 15) is 0 Å². The predicted octanol–water partition coefficient (Wildman–Crippen LogP) is 2.31. The molecule has 1 fully saturated rings. The number of ether oxygens (including phenoxy) is 1. The van der Waals surface area contributed by atoms with E-state index in [0.29, 0.717) is 12.1 Å². The molecule has 1 aromatic carbocycles. The van der Waals surface area contributed by atoms with Gasteiger partial charge in [0.25, 0.3) is 0 Å². The number of hydrogen-bond donors (Lipinski definition) is 1. The standard InChI is InChI=1S/C16H26N2O/c1-13(17-15-5-4-10-18(2)12-15)11-14-6-8-16(19-3)9-7-14/h6-9,13,15,17H,4-5,10-12H2,1-3H3. The number of likely N-dealkylation sites (tertiary alicyclic amines) is 1. The van der Waals surface area contributed by atoms with Crippen LogP contribution in [0.15, 0.2) is 24.3 Å². The van der Waals surface area contributed by atoms with Gasteiger partial charge in [-0.1, -0.05) is 12.1 Å². The molecule has 2 rings (SSSR count). The molecule has 1 aliphatic heterocycles. The Hall–Kier alpha value is -1.06. The second kappa shape index (κ2) is 6.92. The molecule has 1 saturated heterocycles. The quantitative estimate of drug-likeness (QED) is 0.881. The van der Waals surface area contributed by atoms with Crippen molar-refractivity contribution in [3.8, 4) is 5.75 Å². The molecule has 3 heteroatoms. The van der Waals surface area contributed by atoms with E-state index < -0.39 is 0 Å². The molecular weight excluding hydrogens is 236 g/mol. The summed E-state index contributed by atoms with van der Waals surface area (Å²) in [4.78, 5) is 2.42. The number of nitrogens with zero attached hydrogens (tertiary/aromatic N) is 1. The lowest BCUT2D eigenvalue weighted by atomic mass is 10.0. The third-order valence-electron chi connectivity index (χ3n) is 3.85. The summed E-state index contributed by atoms with van der Waals surface area (Å²) >= 11 is 0. The molecule has 0 amide bonds. The first-order valence-electron chi connectivity index (χ1n) is 7.25. The summed E-state index contributed by atoms with van der Waals surface area (Å²) in [7, 11) is 3.92. The zero-order chi connectivity index (χ0) is 13.7. The Labute approximate surface area is 116 Å². The SMILES string of the molecule is COc1ccc(CC(C)NC2CCCN(C)C2)cc1. The zero-order valence-electron chi connectivity index (χ0n) is 12.4. The monoisotopic (exact) mass is 262 g/mol. The summed E-state index contributed by atoms with van der Waals surface area (Å²) in [5, 5.41) is 3.75. The highest BCUT2D eigenvalue weighted by molar-refractivity contribution is 5.27. The van der Waals surface area contributed by atoms with Gasteiger partial charge in [-0.2, -0.15) is 0 Å². The van der Waals surface area contributed by atoms with Crippen molar-refractivity contribution in [3.05, 3.63) is 29.8 Å². The minimum absolute atomic E-state index is 0.518. The van der Waals surface area contributed by atoms with Crippen LogP contribution in [0.4, 0.5) is 0 Å². The van der Waals surface area contributed by atoms with Gasteiger partial charge in [0.2, 0.25) is 0 Å². The van der Waals surface area contributed by atoms with E-state index in [-0.39, 0.29) is 0 Å². The Morgan fingerprint density at radius 3 is 2.74 bits per heavy atom. The van der Waals surface area contributed by atoms with Gasteiger partial charge in [0.05, 0.1) is 7.11 Å². The maximum atomic E-state index is 5.19. The van der Waals surface area contributed by atoms with Gasteiger partial charge >= 0.3 is 0 Å². The van der Waals surface area contributed by atoms with Crippen molar-refractivity contribution >= 4 is 0 Å². The number of methoxy groups -OCH3 is 1. The van der Waals surface area contributed by atoms with Gasteiger partial charge < -0.3 is 15.0 Å². The van der Waals surface area contributed by atoms with E-state index >= 15 is 0 Å². The molecule has 0 radical (unpaired) electrons. The molecule has 3 nitrogen and oxygen atoms in total. The Kier molecular flexibility index (Phi) is 5.23. The second-order valence-electron chi connectivity index (χ2n) is 5.72. The zero-order valence-corrected chi connectivity index (χ0v) is 12.4. The van der Waals surface area contributed by atoms with Crippen LogP contribution >= 0.6 is 0 Å². The number of rotatable bonds is 5. The third kappa shape index (κ3) is 4.51. The van der Waals surface area contributed by atoms with Crippen molar-refractivity contribution in [1.82, 2.24) is 10.2 Å². The van der Waals surface area contributed by atoms with Crippen LogP contribution < -0.4 is 10.1 Å². The molecule has 0 spiro atoms. The number of benzene rings is 1. The molecule has 2 unspecified atom stereocenters. The summed E-state index contributed by atoms with van der Waals surface area (Å²) in [5.74, 6) is 0.929. The Morgan fingerprint density at radius 1 is 1.37 bits per heavy atom. The van der Waals surface area contributed by atoms with Crippen molar-refractivity contribution < 1.29 is 4.74 Å². The highest BCUT2D eigenvalue weighted by Crippen LogP contribution is 2.14. The summed E-state index contributed by atoms with van der Waals surface area (Å²) in [6.45, 7) is 4.69. The van der Waals surface area contributed by atoms with Gasteiger partial charge in [-0.15, -0.1) is 0 Å². The summed E-state index contributed by atoms with van der Waals surface area (Å²) < 4.78 is 5.19. The van der Waals surface area contributed by atoms with Crippen LogP contribution in [0, 0.1) is 0 Å². The van der Waals surface area contributed by atoms with Crippen molar-refractivity contribution in [2.75, 3.05) is 27.2 Å². The molecule has 0 aliphatic carbocycles. The van der Waals surface area contributed by atoms with E-state index in [2.05, 4.69) is 36.3 Å². The van der Waals surface area contributed by atoms with Gasteiger partial charge in [0, 0.05) is 18.6 Å². The maximum Gasteiger partial charge on any atom is 0.118 e. The number of nitrogens with one attached hydrogen (secondary N) is 1. The number of hydrogen-bond acceptors (Lipinski definition) is 3. The van der Waals surface area contributed by atoms with Crippen LogP contribution in [0.25, 0.3) is 0 Å². The van der Waals surface area contributed by atoms with Crippen molar-refractivity contribution in [2.24, 2.45) is 0 Å². The lowest BCUT2D eigenvalue weighted by Gasteiger charge is -2.32. The summed E-state index contributed by atoms with van der Waals surface area (Å²) in [5.41, 5.74) is 1.37. The molecular formula is C16H26N2O. The van der Waals surface area contributed by atoms with Crippen LogP contribution in [0.3, 0.4) is 0 Å². The fourth-order valence-electron chi connectivity index (χ4n) is 2.88. The normalized spacial score (nSPS) is 22.2. The molecule has 106 valence electrons. The largest absolute Gasteiger partial charge is 0.497 e. The van der Waals surface area contributed by atoms with Gasteiger partial charge in [-0.05, 0) is 57.5 Å². The fourth-order valence-corrected chi connectivity index (χ4v) is 2.88. The third-order valence-corrected chi connectivity index (χ3v) is 3.85.